The van der Waals surface area contributed by atoms with Gasteiger partial charge in [-0.2, -0.15) is 4.79 Å². The molecule has 0 heterocycles. The van der Waals surface area contributed by atoms with Crippen LogP contribution in [0.3, 0.4) is 0 Å². The summed E-state index contributed by atoms with van der Waals surface area (Å²) in [5, 5.41) is 5.28. The maximum atomic E-state index is 12.3. The highest BCUT2D eigenvalue weighted by atomic mass is 16.2. The predicted octanol–water partition coefficient (Wildman–Crippen LogP) is 1.64. The zero-order valence-corrected chi connectivity index (χ0v) is 14.0. The number of nitrogens with one attached hydrogen (secondary N) is 2. The molecule has 0 spiro atoms. The molecule has 6 nitrogen and oxygen atoms in total. The Morgan fingerprint density at radius 2 is 1.91 bits per heavy atom. The second kappa shape index (κ2) is 8.28. The quantitative estimate of drug-likeness (QED) is 0.781. The topological polar surface area (TPSA) is 79.6 Å². The van der Waals surface area contributed by atoms with Crippen LogP contribution in [0.5, 0.6) is 0 Å². The first-order chi connectivity index (χ1) is 10.8. The molecule has 3 amide bonds. The van der Waals surface area contributed by atoms with Crippen molar-refractivity contribution in [1.29, 1.82) is 0 Å². The average Bonchev–Trinajstić information content (AvgIpc) is 2.51. The number of rotatable bonds is 6. The fourth-order valence-electron chi connectivity index (χ4n) is 2.19. The van der Waals surface area contributed by atoms with Gasteiger partial charge in [0.15, 0.2) is 6.04 Å². The smallest absolute Gasteiger partial charge is 0.344 e. The van der Waals surface area contributed by atoms with Gasteiger partial charge in [-0.05, 0) is 26.2 Å². The van der Waals surface area contributed by atoms with Crippen molar-refractivity contribution in [2.75, 3.05) is 0 Å². The number of hydrogen-bond donors (Lipinski definition) is 2. The van der Waals surface area contributed by atoms with Gasteiger partial charge in [-0.25, -0.2) is 0 Å². The molecule has 0 aromatic rings. The molecule has 0 aromatic heterocycles. The third-order valence-electron chi connectivity index (χ3n) is 3.73. The van der Waals surface area contributed by atoms with Gasteiger partial charge >= 0.3 is 5.91 Å². The lowest BCUT2D eigenvalue weighted by atomic mass is 9.95. The number of allylic oxidation sites excluding steroid dienone is 3. The van der Waals surface area contributed by atoms with Crippen molar-refractivity contribution >= 4 is 17.7 Å². The number of hydrogen-bond acceptors (Lipinski definition) is 3. The van der Waals surface area contributed by atoms with E-state index in [2.05, 4.69) is 15.5 Å². The van der Waals surface area contributed by atoms with Gasteiger partial charge in [-0.15, -0.1) is 0 Å². The Bertz CT molecular complexity index is 584. The molecular weight excluding hydrogens is 294 g/mol. The van der Waals surface area contributed by atoms with Crippen LogP contribution in [0.4, 0.5) is 0 Å². The molecule has 0 aliphatic heterocycles. The lowest BCUT2D eigenvalue weighted by Gasteiger charge is -2.24. The Morgan fingerprint density at radius 3 is 2.39 bits per heavy atom. The Balaban J connectivity index is 2.70. The molecule has 0 fully saturated rings. The lowest BCUT2D eigenvalue weighted by molar-refractivity contribution is -0.132. The van der Waals surface area contributed by atoms with E-state index in [0.717, 1.165) is 5.57 Å². The van der Waals surface area contributed by atoms with Crippen molar-refractivity contribution in [3.63, 3.8) is 0 Å². The molecule has 23 heavy (non-hydrogen) atoms. The highest BCUT2D eigenvalue weighted by molar-refractivity contribution is 5.96. The van der Waals surface area contributed by atoms with E-state index < -0.39 is 23.9 Å². The molecule has 3 atom stereocenters. The molecule has 1 rings (SSSR count). The third-order valence-corrected chi connectivity index (χ3v) is 3.73. The van der Waals surface area contributed by atoms with Crippen LogP contribution in [0.2, 0.25) is 0 Å². The van der Waals surface area contributed by atoms with Crippen molar-refractivity contribution in [1.82, 2.24) is 10.6 Å². The molecule has 3 unspecified atom stereocenters. The van der Waals surface area contributed by atoms with Gasteiger partial charge in [0.25, 0.3) is 6.57 Å². The summed E-state index contributed by atoms with van der Waals surface area (Å²) in [6.07, 6.45) is 6.32. The zero-order valence-electron chi connectivity index (χ0n) is 14.0. The zero-order chi connectivity index (χ0) is 17.6. The highest BCUT2D eigenvalue weighted by Gasteiger charge is 2.31. The Kier molecular flexibility index (Phi) is 6.70. The van der Waals surface area contributed by atoms with E-state index in [0.29, 0.717) is 6.42 Å². The minimum atomic E-state index is -0.828. The van der Waals surface area contributed by atoms with Gasteiger partial charge in [0.1, 0.15) is 6.04 Å². The first-order valence-corrected chi connectivity index (χ1v) is 7.66. The summed E-state index contributed by atoms with van der Waals surface area (Å²) in [7, 11) is 0. The molecule has 124 valence electrons. The maximum absolute atomic E-state index is 12.3. The second-order valence-corrected chi connectivity index (χ2v) is 6.08. The van der Waals surface area contributed by atoms with Crippen molar-refractivity contribution in [3.8, 4) is 6.57 Å². The number of nitrogens with zero attached hydrogens (tertiary/aromatic N) is 1. The SMILES string of the molecule is C#[N+]C(=O)C(C)NC(=O)C(NC(=O)C1C=CC(C)=CC1)C(C)C. The van der Waals surface area contributed by atoms with Crippen molar-refractivity contribution < 1.29 is 14.4 Å². The number of carbonyl (C=O) groups excluding carboxylic acids is 3. The van der Waals surface area contributed by atoms with Crippen LogP contribution in [-0.4, -0.2) is 29.8 Å². The van der Waals surface area contributed by atoms with Crippen LogP contribution < -0.4 is 10.6 Å². The van der Waals surface area contributed by atoms with Gasteiger partial charge in [-0.1, -0.05) is 37.6 Å². The molecule has 0 saturated carbocycles. The Hall–Kier alpha value is -2.42. The van der Waals surface area contributed by atoms with Crippen LogP contribution in [0.25, 0.3) is 4.85 Å². The van der Waals surface area contributed by atoms with E-state index in [1.54, 1.807) is 0 Å². The molecule has 2 N–H and O–H groups in total. The molecule has 0 bridgehead atoms. The van der Waals surface area contributed by atoms with Crippen LogP contribution in [-0.2, 0) is 14.4 Å². The van der Waals surface area contributed by atoms with Gasteiger partial charge in [0.2, 0.25) is 11.8 Å². The molecule has 0 saturated heterocycles. The summed E-state index contributed by atoms with van der Waals surface area (Å²) in [4.78, 5) is 39.0. The van der Waals surface area contributed by atoms with Crippen LogP contribution in [0.1, 0.15) is 34.1 Å². The van der Waals surface area contributed by atoms with E-state index in [4.69, 9.17) is 6.57 Å². The molecule has 6 heteroatoms. The van der Waals surface area contributed by atoms with Gasteiger partial charge in [-0.3, -0.25) is 9.59 Å². The van der Waals surface area contributed by atoms with Crippen LogP contribution >= 0.6 is 0 Å². The summed E-state index contributed by atoms with van der Waals surface area (Å²) in [5.74, 6) is -1.67. The largest absolute Gasteiger partial charge is 0.536 e. The Labute approximate surface area is 136 Å². The summed E-state index contributed by atoms with van der Waals surface area (Å²) in [6, 6.07) is -1.55. The summed E-state index contributed by atoms with van der Waals surface area (Å²) >= 11 is 0. The Morgan fingerprint density at radius 1 is 1.26 bits per heavy atom. The van der Waals surface area contributed by atoms with Crippen molar-refractivity contribution in [2.45, 2.75) is 46.2 Å². The van der Waals surface area contributed by atoms with Gasteiger partial charge < -0.3 is 10.6 Å². The summed E-state index contributed by atoms with van der Waals surface area (Å²) in [6.45, 7) is 12.0. The second-order valence-electron chi connectivity index (χ2n) is 6.08. The standard InChI is InChI=1S/C17H23N3O3/c1-10(2)14(17(23)19-12(4)15(21)18-5)20-16(22)13-8-6-11(3)7-9-13/h5-8,10,12-14H,9H2,1-4H3,(H-,19,20,22,23)/p+1. The number of amides is 3. The monoisotopic (exact) mass is 318 g/mol. The first-order valence-electron chi connectivity index (χ1n) is 7.66. The van der Waals surface area contributed by atoms with E-state index in [-0.39, 0.29) is 17.7 Å². The van der Waals surface area contributed by atoms with E-state index >= 15 is 0 Å². The summed E-state index contributed by atoms with van der Waals surface area (Å²) in [5.41, 5.74) is 1.12. The summed E-state index contributed by atoms with van der Waals surface area (Å²) < 4.78 is 0. The lowest BCUT2D eigenvalue weighted by Crippen LogP contribution is -2.53. The fourth-order valence-corrected chi connectivity index (χ4v) is 2.19. The normalized spacial score (nSPS) is 19.3. The molecule has 1 aliphatic rings. The molecular formula is C17H24N3O3+. The third kappa shape index (κ3) is 5.37. The number of carbonyl (C=O) groups is 3. The minimum Gasteiger partial charge on any atom is -0.344 e. The maximum Gasteiger partial charge on any atom is 0.536 e. The molecule has 0 aromatic carbocycles. The fraction of sp³-hybridized carbons (Fsp3) is 0.529. The first kappa shape index (κ1) is 18.6. The van der Waals surface area contributed by atoms with E-state index in [1.165, 1.54) is 6.92 Å². The molecule has 0 radical (unpaired) electrons. The van der Waals surface area contributed by atoms with Crippen LogP contribution in [0.15, 0.2) is 23.8 Å². The van der Waals surface area contributed by atoms with Gasteiger partial charge in [0, 0.05) is 4.85 Å². The minimum absolute atomic E-state index is 0.124. The van der Waals surface area contributed by atoms with Crippen molar-refractivity contribution in [3.05, 3.63) is 28.6 Å². The van der Waals surface area contributed by atoms with Gasteiger partial charge in [0.05, 0.1) is 5.92 Å². The van der Waals surface area contributed by atoms with Crippen LogP contribution in [0, 0.1) is 18.4 Å². The predicted molar refractivity (Wildman–Crippen MR) is 88.7 cm³/mol. The van der Waals surface area contributed by atoms with E-state index in [9.17, 15) is 14.4 Å². The average molecular weight is 318 g/mol. The highest BCUT2D eigenvalue weighted by Crippen LogP contribution is 2.17. The van der Waals surface area contributed by atoms with Crippen molar-refractivity contribution in [2.24, 2.45) is 11.8 Å². The van der Waals surface area contributed by atoms with E-state index in [1.807, 2.05) is 39.0 Å². The molecule has 1 aliphatic carbocycles.